The Balaban J connectivity index is 0.000000135. The molecule has 52 heteroatoms. The van der Waals surface area contributed by atoms with Gasteiger partial charge in [0.25, 0.3) is 11.8 Å². The van der Waals surface area contributed by atoms with Crippen LogP contribution in [0.15, 0.2) is 193 Å². The fourth-order valence-electron chi connectivity index (χ4n) is 18.0. The number of fused-ring (bicyclic) bond motifs is 2. The van der Waals surface area contributed by atoms with E-state index in [1.165, 1.54) is 12.7 Å². The molecule has 10 N–H and O–H groups in total. The number of rotatable bonds is 24. The lowest BCUT2D eigenvalue weighted by Crippen LogP contribution is -2.67. The van der Waals surface area contributed by atoms with Gasteiger partial charge in [-0.25, -0.2) is 66.8 Å². The number of benzene rings is 2. The number of carbonyl (C=O) groups excluding carboxylic acids is 9. The third-order valence-corrected chi connectivity index (χ3v) is 29.1. The zero-order valence-corrected chi connectivity index (χ0v) is 88.7. The monoisotopic (exact) mass is 2420 g/mol. The zero-order chi connectivity index (χ0) is 105. The fourth-order valence-corrected chi connectivity index (χ4v) is 20.4. The number of carbonyl (C=O) groups is 9. The van der Waals surface area contributed by atoms with Gasteiger partial charge in [-0.1, -0.05) is 52.3 Å². The van der Waals surface area contributed by atoms with Crippen LogP contribution in [-0.2, 0) is 75.1 Å². The van der Waals surface area contributed by atoms with Crippen LogP contribution in [0.3, 0.4) is 0 Å². The van der Waals surface area contributed by atoms with Crippen molar-refractivity contribution in [3.8, 4) is 6.07 Å². The summed E-state index contributed by atoms with van der Waals surface area (Å²) >= 11 is 19.7. The number of ether oxygens (including phenoxy) is 5. The third-order valence-electron chi connectivity index (χ3n) is 25.9. The summed E-state index contributed by atoms with van der Waals surface area (Å²) in [7, 11) is 3.78. The Bertz CT molecular complexity index is 6540. The molecule has 21 rings (SSSR count). The van der Waals surface area contributed by atoms with E-state index in [2.05, 4.69) is 193 Å². The number of likely N-dealkylation sites (tertiary alicyclic amines) is 4. The van der Waals surface area contributed by atoms with Crippen molar-refractivity contribution < 1.29 is 88.8 Å². The van der Waals surface area contributed by atoms with Gasteiger partial charge in [0, 0.05) is 107 Å². The first kappa shape index (κ1) is 110. The molecule has 10 aromatic rings. The maximum Gasteiger partial charge on any atom is 0.269 e. The van der Waals surface area contributed by atoms with Gasteiger partial charge in [0.05, 0.1) is 155 Å². The average Bonchev–Trinajstić information content (AvgIpc) is 1.58. The van der Waals surface area contributed by atoms with Crippen LogP contribution >= 0.6 is 95.6 Å². The zero-order valence-electron chi connectivity index (χ0n) is 79.2. The second kappa shape index (κ2) is 49.9. The van der Waals surface area contributed by atoms with Crippen molar-refractivity contribution in [3.05, 3.63) is 205 Å². The third kappa shape index (κ3) is 26.8. The first-order valence-electron chi connectivity index (χ1n) is 46.3. The van der Waals surface area contributed by atoms with Crippen molar-refractivity contribution >= 4 is 217 Å². The predicted octanol–water partition coefficient (Wildman–Crippen LogP) is 9.78. The highest BCUT2D eigenvalue weighted by atomic mass is 79.9. The van der Waals surface area contributed by atoms with Crippen molar-refractivity contribution in [2.45, 2.75) is 128 Å². The van der Waals surface area contributed by atoms with Crippen LogP contribution < -0.4 is 53.2 Å². The molecule has 10 fully saturated rings. The number of alkyl halides is 6. The topological polar surface area (TPSA) is 513 Å². The van der Waals surface area contributed by atoms with E-state index >= 15 is 0 Å². The van der Waals surface area contributed by atoms with E-state index in [0.29, 0.717) is 107 Å². The number of pyridine rings is 5. The van der Waals surface area contributed by atoms with Gasteiger partial charge >= 0.3 is 0 Å². The van der Waals surface area contributed by atoms with Crippen molar-refractivity contribution in [1.29, 1.82) is 5.26 Å². The molecule has 0 bridgehead atoms. The Morgan fingerprint density at radius 3 is 1.24 bits per heavy atom. The van der Waals surface area contributed by atoms with Gasteiger partial charge in [-0.2, -0.15) is 10.4 Å². The Morgan fingerprint density at radius 2 is 0.885 bits per heavy atom. The number of amides is 7. The molecular weight excluding hydrogens is 2330 g/mol. The summed E-state index contributed by atoms with van der Waals surface area (Å²) in [5.41, 5.74) is 14.6. The highest BCUT2D eigenvalue weighted by Gasteiger charge is 2.57. The number of aldehydes is 1. The number of hydrogen-bond acceptors (Lipinski definition) is 33. The van der Waals surface area contributed by atoms with E-state index in [9.17, 15) is 70.4 Å². The van der Waals surface area contributed by atoms with Crippen molar-refractivity contribution in [2.75, 3.05) is 155 Å². The molecule has 7 amide bonds. The highest BCUT2D eigenvalue weighted by molar-refractivity contribution is 9.11. The molecule has 0 aliphatic carbocycles. The van der Waals surface area contributed by atoms with Crippen LogP contribution in [0.25, 0.3) is 10.9 Å². The van der Waals surface area contributed by atoms with Crippen molar-refractivity contribution in [1.82, 2.24) is 79.6 Å². The van der Waals surface area contributed by atoms with Gasteiger partial charge in [-0.15, -0.1) is 0 Å². The van der Waals surface area contributed by atoms with E-state index in [1.54, 1.807) is 130 Å². The van der Waals surface area contributed by atoms with Crippen molar-refractivity contribution in [2.24, 2.45) is 16.5 Å². The second-order valence-electron chi connectivity index (χ2n) is 36.2. The summed E-state index contributed by atoms with van der Waals surface area (Å²) < 4.78 is 99.6. The minimum Gasteiger partial charge on any atom is -0.377 e. The molecule has 8 aromatic heterocycles. The lowest BCUT2D eigenvalue weighted by atomic mass is 9.93. The van der Waals surface area contributed by atoms with Crippen LogP contribution in [0.5, 0.6) is 0 Å². The predicted molar refractivity (Wildman–Crippen MR) is 554 cm³/mol. The minimum atomic E-state index is -1.19. The van der Waals surface area contributed by atoms with Gasteiger partial charge in [0.1, 0.15) is 126 Å². The first-order chi connectivity index (χ1) is 71.1. The summed E-state index contributed by atoms with van der Waals surface area (Å²) in [5.74, 6) is -0.418. The summed E-state index contributed by atoms with van der Waals surface area (Å²) in [6.07, 6.45) is 5.74. The molecule has 148 heavy (non-hydrogen) atoms. The Morgan fingerprint density at radius 1 is 0.493 bits per heavy atom. The number of nitrogens with one attached hydrogen (secondary N) is 6. The van der Waals surface area contributed by atoms with Gasteiger partial charge < -0.3 is 81.6 Å². The number of ketones is 1. The summed E-state index contributed by atoms with van der Waals surface area (Å²) in [4.78, 5) is 159. The summed E-state index contributed by atoms with van der Waals surface area (Å²) in [6.45, 7) is 4.57. The van der Waals surface area contributed by atoms with Gasteiger partial charge in [-0.3, -0.25) is 67.6 Å². The molecule has 19 heterocycles. The lowest BCUT2D eigenvalue weighted by Gasteiger charge is -2.49. The number of hydrogen-bond donors (Lipinski definition) is 8. The Labute approximate surface area is 894 Å². The van der Waals surface area contributed by atoms with E-state index in [0.717, 1.165) is 40.2 Å². The molecule has 0 spiro atoms. The van der Waals surface area contributed by atoms with Gasteiger partial charge in [0.2, 0.25) is 29.5 Å². The molecule has 11 aliphatic heterocycles. The molecule has 2 aromatic carbocycles. The van der Waals surface area contributed by atoms with E-state index < -0.39 is 89.5 Å². The maximum absolute atomic E-state index is 14.9. The Hall–Kier alpha value is -11.7. The van der Waals surface area contributed by atoms with Crippen LogP contribution in [0.4, 0.5) is 73.8 Å². The summed E-state index contributed by atoms with van der Waals surface area (Å²) in [5, 5.41) is 31.6. The van der Waals surface area contributed by atoms with Crippen LogP contribution in [-0.4, -0.2) is 335 Å². The fraction of sp³-hybridized carbons (Fsp3) is 0.406. The van der Waals surface area contributed by atoms with Gasteiger partial charge in [0.15, 0.2) is 17.0 Å². The number of anilines is 9. The first-order valence-corrected chi connectivity index (χ1v) is 51.4. The SMILES string of the molecule is CN(c1cncnc1)c1ccc2c(c1)C(C(N)=O)=NC2.CN(c1cncnc1)c1ccc2c(c1)c(C(N)=O)nn2CC1(N2C[C@H](F)C[C@H]2C(=O)Nc2cccc(Br)n2)COC1.N#CC1(N2C[C@H](F)C[C@H]2C(=O)Nc2cccc(Br)n2)COC1.O=C(Nc1cccc(Br)n1)[C@@H]1C[C@@H](F)CN1.O=C(Nc1cccc(Br)n1)[C@@H]1C[C@@H](F)CN1C1(CBr)COC1.O=C1COC1.O=CC1(N2C[C@H](F)C[C@H]2C(=O)Nc2cccc(Br)n2)COC1. The molecule has 10 saturated heterocycles. The van der Waals surface area contributed by atoms with Gasteiger partial charge in [-0.05, 0) is 176 Å². The largest absolute Gasteiger partial charge is 0.377 e. The van der Waals surface area contributed by atoms with E-state index in [4.69, 9.17) is 30.4 Å². The van der Waals surface area contributed by atoms with Crippen molar-refractivity contribution in [3.63, 3.8) is 0 Å². The molecule has 41 nitrogen and oxygen atoms in total. The lowest BCUT2D eigenvalue weighted by molar-refractivity contribution is -0.161. The number of primary amides is 2. The number of aliphatic imine (C=N–C) groups is 1. The standard InChI is InChI=1S/C27H27BrFN9O3.C14H16Br2FN3O2.C14H14BrFN4O2.C14H15BrFN3O3.C14H13N5O.C10H11BrFN3O.C3H4O2/c1-36(18-9-31-15-32-10-18)17-5-6-20-19(8-17)24(25(30)39)35-38(20)12-27(13-41-14-27)37-11-16(29)7-21(37)26(40)34-23-4-2-3-22(28)33-23;15-6-14(7-22-8-14)20-5-9(17)4-10(20)13(21)19-12-3-1-2-11(16)18-12;15-11-2-1-3-12(18-11)19-13(21)10-4-9(16)5-20(10)14(6-17)7-22-8-14;15-11-2-1-3-12(17-11)18-13(21)10-4-9(16)5-19(10)14(6-20)7-22-8-14;1-19(11-6-16-8-17-7-11)10-3-2-9-5-18-13(14(15)20)12(9)4-10;11-8-2-1-3-9(14-8)15-10(16)7-4-6(12)5-13-7;4-3-1-5-2-3/h2-6,8-10,15-16,21H,7,11-14H2,1H3,(H2,30,39)(H,33,34,40);1-3,9-10H,4-8H2,(H,18,19,21);1-3,9-10H,4-5,7-8H2,(H,18,19,21);1-3,6,9-10H,4-5,7-8H2,(H,17,18,21);2-4,6-8H,5H2,1H3,(H2,15,20);1-3,6-7,13H,4-5H2,(H,14,15,16);1-2H2/t16-,21+;3*9-,10+;;6-,7+;/m1111.1./s1. The maximum atomic E-state index is 14.9. The number of nitrogens with zero attached hydrogens (tertiary/aromatic N) is 19. The Kier molecular flexibility index (Phi) is 37.2. The molecule has 10 atom stereocenters. The molecule has 11 aliphatic rings. The highest BCUT2D eigenvalue weighted by Crippen LogP contribution is 2.42. The van der Waals surface area contributed by atoms with Crippen LogP contribution in [0, 0.1) is 11.3 Å². The number of aromatic nitrogens is 11. The summed E-state index contributed by atoms with van der Waals surface area (Å²) in [6, 6.07) is 36.5. The molecule has 780 valence electrons. The number of nitrogens with two attached hydrogens (primary N) is 2. The second-order valence-corrected chi connectivity index (χ2v) is 40.8. The quantitative estimate of drug-likeness (QED) is 0.0121. The number of Topliss-reactive ketones (excluding diaryl/α,β-unsaturated/α-hetero) is 1. The number of nitriles is 1. The molecular formula is C96H100Br6F5N27O14. The minimum absolute atomic E-state index is 0.0485. The number of halogens is 11. The average molecular weight is 2430 g/mol. The normalized spacial score (nSPS) is 22.8. The van der Waals surface area contributed by atoms with E-state index in [-0.39, 0.29) is 158 Å². The molecule has 0 unspecified atom stereocenters. The molecule has 0 saturated carbocycles. The smallest absolute Gasteiger partial charge is 0.269 e. The molecule has 0 radical (unpaired) electrons. The van der Waals surface area contributed by atoms with Crippen LogP contribution in [0.1, 0.15) is 53.7 Å². The van der Waals surface area contributed by atoms with Crippen LogP contribution in [0.2, 0.25) is 0 Å². The van der Waals surface area contributed by atoms with E-state index in [1.807, 2.05) is 70.1 Å².